The molecule has 1 amide bonds. The van der Waals surface area contributed by atoms with Crippen LogP contribution in [0.25, 0.3) is 16.9 Å². The van der Waals surface area contributed by atoms with Crippen LogP contribution in [0.15, 0.2) is 91.0 Å². The summed E-state index contributed by atoms with van der Waals surface area (Å²) < 4.78 is 1.71. The van der Waals surface area contributed by atoms with Crippen LogP contribution in [-0.4, -0.2) is 20.9 Å². The Morgan fingerprint density at radius 3 is 2.07 bits per heavy atom. The Bertz CT molecular complexity index is 1060. The Morgan fingerprint density at radius 1 is 0.857 bits per heavy atom. The van der Waals surface area contributed by atoms with Gasteiger partial charge in [-0.1, -0.05) is 84.1 Å². The quantitative estimate of drug-likeness (QED) is 0.567. The molecule has 0 aliphatic carbocycles. The maximum atomic E-state index is 13.0. The first-order chi connectivity index (χ1) is 13.7. The lowest BCUT2D eigenvalue weighted by Crippen LogP contribution is -2.27. The van der Waals surface area contributed by atoms with Crippen molar-refractivity contribution in [2.75, 3.05) is 0 Å². The van der Waals surface area contributed by atoms with E-state index in [2.05, 4.69) is 15.6 Å². The molecule has 4 rings (SSSR count). The van der Waals surface area contributed by atoms with Gasteiger partial charge in [-0.2, -0.15) is 0 Å². The van der Waals surface area contributed by atoms with Crippen molar-refractivity contribution in [3.05, 3.63) is 102 Å². The highest BCUT2D eigenvalue weighted by Crippen LogP contribution is 2.25. The van der Waals surface area contributed by atoms with Crippen molar-refractivity contribution in [2.45, 2.75) is 13.0 Å². The van der Waals surface area contributed by atoms with E-state index < -0.39 is 0 Å². The van der Waals surface area contributed by atoms with Crippen LogP contribution >= 0.6 is 0 Å². The molecule has 4 aromatic rings. The highest BCUT2D eigenvalue weighted by molar-refractivity contribution is 5.98. The normalized spacial score (nSPS) is 11.8. The maximum Gasteiger partial charge on any atom is 0.274 e. The highest BCUT2D eigenvalue weighted by Gasteiger charge is 2.23. The summed E-state index contributed by atoms with van der Waals surface area (Å²) in [5.41, 5.74) is 3.74. The lowest BCUT2D eigenvalue weighted by molar-refractivity contribution is 0.0935. The number of hydrogen-bond acceptors (Lipinski definition) is 3. The number of amides is 1. The zero-order chi connectivity index (χ0) is 19.3. The van der Waals surface area contributed by atoms with E-state index in [1.165, 1.54) is 0 Å². The molecule has 0 bridgehead atoms. The molecular formula is C23H20N4O. The third kappa shape index (κ3) is 3.55. The van der Waals surface area contributed by atoms with Crippen LogP contribution in [0.3, 0.4) is 0 Å². The molecule has 1 heterocycles. The zero-order valence-electron chi connectivity index (χ0n) is 15.5. The minimum Gasteiger partial charge on any atom is -0.344 e. The molecule has 1 unspecified atom stereocenters. The summed E-state index contributed by atoms with van der Waals surface area (Å²) in [6.45, 7) is 1.96. The SMILES string of the molecule is CC(NC(=O)c1nnn(-c2ccccc2)c1-c1ccccc1)c1ccccc1. The molecule has 0 aliphatic heterocycles. The van der Waals surface area contributed by atoms with Gasteiger partial charge in [0, 0.05) is 5.56 Å². The van der Waals surface area contributed by atoms with Crippen molar-refractivity contribution in [3.63, 3.8) is 0 Å². The van der Waals surface area contributed by atoms with Gasteiger partial charge in [-0.05, 0) is 24.6 Å². The lowest BCUT2D eigenvalue weighted by atomic mass is 10.1. The second-order valence-corrected chi connectivity index (χ2v) is 6.51. The first-order valence-corrected chi connectivity index (χ1v) is 9.16. The average molecular weight is 368 g/mol. The van der Waals surface area contributed by atoms with Crippen molar-refractivity contribution in [1.82, 2.24) is 20.3 Å². The standard InChI is InChI=1S/C23H20N4O/c1-17(18-11-5-2-6-12-18)24-23(28)21-22(19-13-7-3-8-14-19)27(26-25-21)20-15-9-4-10-16-20/h2-17H,1H3,(H,24,28). The second-order valence-electron chi connectivity index (χ2n) is 6.51. The van der Waals surface area contributed by atoms with E-state index in [9.17, 15) is 4.79 Å². The Hall–Kier alpha value is -3.73. The first kappa shape index (κ1) is 17.7. The summed E-state index contributed by atoms with van der Waals surface area (Å²) in [6, 6.07) is 29.1. The average Bonchev–Trinajstić information content (AvgIpc) is 3.21. The molecule has 3 aromatic carbocycles. The van der Waals surface area contributed by atoms with E-state index in [0.29, 0.717) is 11.4 Å². The van der Waals surface area contributed by atoms with Gasteiger partial charge in [-0.15, -0.1) is 5.10 Å². The molecule has 5 nitrogen and oxygen atoms in total. The number of aromatic nitrogens is 3. The predicted molar refractivity (Wildman–Crippen MR) is 109 cm³/mol. The van der Waals surface area contributed by atoms with Crippen molar-refractivity contribution in [3.8, 4) is 16.9 Å². The summed E-state index contributed by atoms with van der Waals surface area (Å²) in [7, 11) is 0. The monoisotopic (exact) mass is 368 g/mol. The topological polar surface area (TPSA) is 59.8 Å². The van der Waals surface area contributed by atoms with Crippen LogP contribution in [0.1, 0.15) is 29.0 Å². The Morgan fingerprint density at radius 2 is 1.43 bits per heavy atom. The molecule has 0 spiro atoms. The fraction of sp³-hybridized carbons (Fsp3) is 0.0870. The van der Waals surface area contributed by atoms with Crippen LogP contribution in [0.4, 0.5) is 0 Å². The van der Waals surface area contributed by atoms with Gasteiger partial charge in [0.15, 0.2) is 5.69 Å². The molecule has 138 valence electrons. The van der Waals surface area contributed by atoms with Crippen LogP contribution < -0.4 is 5.32 Å². The smallest absolute Gasteiger partial charge is 0.274 e. The van der Waals surface area contributed by atoms with Gasteiger partial charge in [-0.3, -0.25) is 4.79 Å². The van der Waals surface area contributed by atoms with Crippen LogP contribution in [0, 0.1) is 0 Å². The van der Waals surface area contributed by atoms with E-state index in [1.807, 2.05) is 97.9 Å². The van der Waals surface area contributed by atoms with Crippen LogP contribution in [0.2, 0.25) is 0 Å². The van der Waals surface area contributed by atoms with Gasteiger partial charge in [0.05, 0.1) is 11.7 Å². The minimum absolute atomic E-state index is 0.140. The van der Waals surface area contributed by atoms with Crippen LogP contribution in [0.5, 0.6) is 0 Å². The van der Waals surface area contributed by atoms with Crippen molar-refractivity contribution < 1.29 is 4.79 Å². The number of benzene rings is 3. The van der Waals surface area contributed by atoms with Gasteiger partial charge >= 0.3 is 0 Å². The Balaban J connectivity index is 1.73. The molecule has 0 saturated heterocycles. The summed E-state index contributed by atoms with van der Waals surface area (Å²) in [6.07, 6.45) is 0. The fourth-order valence-corrected chi connectivity index (χ4v) is 3.13. The lowest BCUT2D eigenvalue weighted by Gasteiger charge is -2.14. The molecular weight excluding hydrogens is 348 g/mol. The third-order valence-corrected chi connectivity index (χ3v) is 4.58. The third-order valence-electron chi connectivity index (χ3n) is 4.58. The Kier molecular flexibility index (Phi) is 4.97. The van der Waals surface area contributed by atoms with E-state index in [1.54, 1.807) is 4.68 Å². The largest absolute Gasteiger partial charge is 0.344 e. The number of carbonyl (C=O) groups is 1. The maximum absolute atomic E-state index is 13.0. The van der Waals surface area contributed by atoms with E-state index >= 15 is 0 Å². The molecule has 1 N–H and O–H groups in total. The summed E-state index contributed by atoms with van der Waals surface area (Å²) >= 11 is 0. The molecule has 0 saturated carbocycles. The first-order valence-electron chi connectivity index (χ1n) is 9.16. The van der Waals surface area contributed by atoms with Crippen molar-refractivity contribution in [1.29, 1.82) is 0 Å². The van der Waals surface area contributed by atoms with Gasteiger partial charge in [-0.25, -0.2) is 4.68 Å². The number of rotatable bonds is 5. The van der Waals surface area contributed by atoms with Gasteiger partial charge in [0.2, 0.25) is 0 Å². The van der Waals surface area contributed by atoms with Crippen molar-refractivity contribution in [2.24, 2.45) is 0 Å². The predicted octanol–water partition coefficient (Wildman–Crippen LogP) is 4.43. The second kappa shape index (κ2) is 7.88. The summed E-state index contributed by atoms with van der Waals surface area (Å²) in [5, 5.41) is 11.5. The number of nitrogens with zero attached hydrogens (tertiary/aromatic N) is 3. The Labute approximate surface area is 163 Å². The molecule has 0 radical (unpaired) electrons. The van der Waals surface area contributed by atoms with Crippen molar-refractivity contribution >= 4 is 5.91 Å². The van der Waals surface area contributed by atoms with Gasteiger partial charge < -0.3 is 5.32 Å². The molecule has 1 atom stereocenters. The van der Waals surface area contributed by atoms with Gasteiger partial charge in [0.1, 0.15) is 5.69 Å². The molecule has 28 heavy (non-hydrogen) atoms. The van der Waals surface area contributed by atoms with Crippen LogP contribution in [-0.2, 0) is 0 Å². The fourth-order valence-electron chi connectivity index (χ4n) is 3.13. The number of nitrogens with one attached hydrogen (secondary N) is 1. The number of carbonyl (C=O) groups excluding carboxylic acids is 1. The van der Waals surface area contributed by atoms with E-state index in [4.69, 9.17) is 0 Å². The summed E-state index contributed by atoms with van der Waals surface area (Å²) in [5.74, 6) is -0.252. The highest BCUT2D eigenvalue weighted by atomic mass is 16.2. The number of hydrogen-bond donors (Lipinski definition) is 1. The molecule has 0 fully saturated rings. The minimum atomic E-state index is -0.252. The van der Waals surface area contributed by atoms with Gasteiger partial charge in [0.25, 0.3) is 5.91 Å². The van der Waals surface area contributed by atoms with E-state index in [-0.39, 0.29) is 11.9 Å². The molecule has 0 aliphatic rings. The molecule has 5 heteroatoms. The zero-order valence-corrected chi connectivity index (χ0v) is 15.5. The summed E-state index contributed by atoms with van der Waals surface area (Å²) in [4.78, 5) is 13.0. The number of para-hydroxylation sites is 1. The molecule has 1 aromatic heterocycles. The van der Waals surface area contributed by atoms with E-state index in [0.717, 1.165) is 16.8 Å².